The van der Waals surface area contributed by atoms with Crippen LogP contribution in [-0.2, 0) is 19.8 Å². The van der Waals surface area contributed by atoms with Gasteiger partial charge in [0.1, 0.15) is 5.76 Å². The summed E-state index contributed by atoms with van der Waals surface area (Å²) in [6.45, 7) is 4.01. The topological polar surface area (TPSA) is 35.5 Å². The van der Waals surface area contributed by atoms with E-state index in [0.717, 1.165) is 31.4 Å². The smallest absolute Gasteiger partial charge is 0.416 e. The van der Waals surface area contributed by atoms with Crippen molar-refractivity contribution in [1.29, 1.82) is 0 Å². The lowest BCUT2D eigenvalue weighted by Gasteiger charge is -2.23. The predicted octanol–water partition coefficient (Wildman–Crippen LogP) is 6.77. The molecule has 0 aromatic heterocycles. The molecule has 2 rings (SSSR count). The van der Waals surface area contributed by atoms with E-state index in [4.69, 9.17) is 9.05 Å². The highest BCUT2D eigenvalue weighted by atomic mass is 31.2. The van der Waals surface area contributed by atoms with Crippen LogP contribution in [-0.4, -0.2) is 6.61 Å². The minimum absolute atomic E-state index is 0.219. The fourth-order valence-corrected chi connectivity index (χ4v) is 4.09. The van der Waals surface area contributed by atoms with Crippen LogP contribution in [0.4, 0.5) is 13.2 Å². The van der Waals surface area contributed by atoms with Gasteiger partial charge in [0.25, 0.3) is 0 Å². The number of allylic oxidation sites excluding steroid dienone is 3. The molecule has 3 nitrogen and oxygen atoms in total. The van der Waals surface area contributed by atoms with Crippen LogP contribution in [0.1, 0.15) is 50.7 Å². The summed E-state index contributed by atoms with van der Waals surface area (Å²) in [5.74, 6) is 1.92. The average Bonchev–Trinajstić information content (AvgIpc) is 2.54. The summed E-state index contributed by atoms with van der Waals surface area (Å²) in [6, 6.07) is 4.77. The molecule has 1 aromatic carbocycles. The maximum absolute atomic E-state index is 12.7. The molecule has 0 radical (unpaired) electrons. The van der Waals surface area contributed by atoms with Crippen LogP contribution < -0.4 is 0 Å². The normalized spacial score (nSPS) is 20.7. The van der Waals surface area contributed by atoms with Crippen molar-refractivity contribution < 1.29 is 26.8 Å². The fourth-order valence-electron chi connectivity index (χ4n) is 2.52. The molecule has 0 N–H and O–H groups in total. The minimum Gasteiger partial charge on any atom is -0.426 e. The Hall–Kier alpha value is -1.52. The van der Waals surface area contributed by atoms with Gasteiger partial charge in [-0.15, -0.1) is 0 Å². The van der Waals surface area contributed by atoms with Crippen molar-refractivity contribution in [3.8, 4) is 0 Å². The van der Waals surface area contributed by atoms with Crippen LogP contribution in [0.5, 0.6) is 0 Å². The lowest BCUT2D eigenvalue weighted by molar-refractivity contribution is -0.137. The van der Waals surface area contributed by atoms with Crippen LogP contribution >= 0.6 is 7.60 Å². The molecule has 1 aromatic rings. The largest absolute Gasteiger partial charge is 0.426 e. The summed E-state index contributed by atoms with van der Waals surface area (Å²) in [7, 11) is -3.44. The van der Waals surface area contributed by atoms with Crippen molar-refractivity contribution in [1.82, 2.24) is 0 Å². The van der Waals surface area contributed by atoms with Crippen molar-refractivity contribution in [2.45, 2.75) is 45.7 Å². The van der Waals surface area contributed by atoms with Gasteiger partial charge in [-0.3, -0.25) is 4.52 Å². The number of alkyl halides is 3. The number of unbranched alkanes of at least 4 members (excludes halogenated alkanes) is 2. The third kappa shape index (κ3) is 5.48. The zero-order chi connectivity index (χ0) is 18.5. The van der Waals surface area contributed by atoms with E-state index in [0.29, 0.717) is 23.3 Å². The van der Waals surface area contributed by atoms with Crippen LogP contribution in [0.15, 0.2) is 41.9 Å². The predicted molar refractivity (Wildman–Crippen MR) is 92.0 cm³/mol. The Bertz CT molecular complexity index is 691. The average molecular weight is 374 g/mol. The van der Waals surface area contributed by atoms with Crippen molar-refractivity contribution in [3.63, 3.8) is 0 Å². The van der Waals surface area contributed by atoms with E-state index in [-0.39, 0.29) is 6.61 Å². The number of rotatable bonds is 7. The molecule has 0 fully saturated rings. The third-order valence-corrected chi connectivity index (χ3v) is 5.44. The first-order valence-corrected chi connectivity index (χ1v) is 9.93. The Balaban J connectivity index is 2.31. The molecule has 1 heterocycles. The van der Waals surface area contributed by atoms with Gasteiger partial charge in [0.05, 0.1) is 12.2 Å². The van der Waals surface area contributed by atoms with Gasteiger partial charge in [-0.05, 0) is 42.7 Å². The molecule has 1 atom stereocenters. The van der Waals surface area contributed by atoms with E-state index in [2.05, 4.69) is 6.92 Å². The van der Waals surface area contributed by atoms with Gasteiger partial charge in [0, 0.05) is 12.2 Å². The first kappa shape index (κ1) is 19.8. The van der Waals surface area contributed by atoms with Gasteiger partial charge in [0.15, 0.2) is 0 Å². The maximum Gasteiger partial charge on any atom is 0.416 e. The lowest BCUT2D eigenvalue weighted by Crippen LogP contribution is -2.05. The van der Waals surface area contributed by atoms with Gasteiger partial charge in [0.2, 0.25) is 0 Å². The van der Waals surface area contributed by atoms with Crippen molar-refractivity contribution >= 4 is 13.2 Å². The van der Waals surface area contributed by atoms with Crippen molar-refractivity contribution in [2.24, 2.45) is 0 Å². The van der Waals surface area contributed by atoms with E-state index in [9.17, 15) is 17.7 Å². The SMILES string of the molecule is CCCCCC1=CC(c2ccc(C(F)(F)F)cc2)=CP(=O)(OCC)O1. The second-order valence-corrected chi connectivity index (χ2v) is 7.55. The summed E-state index contributed by atoms with van der Waals surface area (Å²) in [5, 5.41) is 0. The van der Waals surface area contributed by atoms with E-state index in [1.807, 2.05) is 0 Å². The molecular weight excluding hydrogens is 352 g/mol. The molecule has 0 saturated heterocycles. The van der Waals surface area contributed by atoms with Crippen LogP contribution in [0.2, 0.25) is 0 Å². The third-order valence-electron chi connectivity index (χ3n) is 3.74. The molecule has 1 aliphatic rings. The van der Waals surface area contributed by atoms with Crippen molar-refractivity contribution in [2.75, 3.05) is 6.61 Å². The van der Waals surface area contributed by atoms with Crippen molar-refractivity contribution in [3.05, 3.63) is 53.0 Å². The van der Waals surface area contributed by atoms with Crippen LogP contribution in [0.3, 0.4) is 0 Å². The summed E-state index contributed by atoms with van der Waals surface area (Å²) in [5.41, 5.74) is 0.386. The number of hydrogen-bond donors (Lipinski definition) is 0. The summed E-state index contributed by atoms with van der Waals surface area (Å²) >= 11 is 0. The number of halogens is 3. The first-order valence-electron chi connectivity index (χ1n) is 8.32. The second kappa shape index (κ2) is 8.24. The zero-order valence-electron chi connectivity index (χ0n) is 14.3. The van der Waals surface area contributed by atoms with E-state index < -0.39 is 19.3 Å². The maximum atomic E-state index is 12.7. The Kier molecular flexibility index (Phi) is 6.53. The first-order chi connectivity index (χ1) is 11.8. The quantitative estimate of drug-likeness (QED) is 0.390. The van der Waals surface area contributed by atoms with Gasteiger partial charge < -0.3 is 4.52 Å². The zero-order valence-corrected chi connectivity index (χ0v) is 15.2. The summed E-state index contributed by atoms with van der Waals surface area (Å²) < 4.78 is 61.7. The summed E-state index contributed by atoms with van der Waals surface area (Å²) in [4.78, 5) is 0. The number of benzene rings is 1. The number of hydrogen-bond acceptors (Lipinski definition) is 3. The molecule has 0 saturated carbocycles. The van der Waals surface area contributed by atoms with Gasteiger partial charge in [-0.25, -0.2) is 4.57 Å². The monoisotopic (exact) mass is 374 g/mol. The van der Waals surface area contributed by atoms with Crippen LogP contribution in [0, 0.1) is 0 Å². The Morgan fingerprint density at radius 3 is 2.36 bits per heavy atom. The van der Waals surface area contributed by atoms with Crippen LogP contribution in [0.25, 0.3) is 5.57 Å². The second-order valence-electron chi connectivity index (χ2n) is 5.78. The minimum atomic E-state index is -4.38. The Morgan fingerprint density at radius 2 is 1.80 bits per heavy atom. The molecule has 0 spiro atoms. The molecule has 1 unspecified atom stereocenters. The lowest BCUT2D eigenvalue weighted by atomic mass is 10.0. The fraction of sp³-hybridized carbons (Fsp3) is 0.444. The highest BCUT2D eigenvalue weighted by Gasteiger charge is 2.31. The Labute approximate surface area is 146 Å². The highest BCUT2D eigenvalue weighted by molar-refractivity contribution is 7.57. The molecule has 7 heteroatoms. The van der Waals surface area contributed by atoms with E-state index in [1.165, 1.54) is 17.9 Å². The molecule has 1 aliphatic heterocycles. The molecule has 138 valence electrons. The van der Waals surface area contributed by atoms with Gasteiger partial charge in [-0.1, -0.05) is 31.9 Å². The standard InChI is InChI=1S/C18H22F3O3P/c1-3-5-6-7-17-12-15(13-25(22,24-17)23-4-2)14-8-10-16(11-9-14)18(19,20)21/h8-13H,3-7H2,1-2H3. The van der Waals surface area contributed by atoms with Gasteiger partial charge in [-0.2, -0.15) is 13.2 Å². The molecular formula is C18H22F3O3P. The van der Waals surface area contributed by atoms with Gasteiger partial charge >= 0.3 is 13.8 Å². The molecule has 25 heavy (non-hydrogen) atoms. The summed E-state index contributed by atoms with van der Waals surface area (Å²) in [6.07, 6.45) is 0.895. The molecule has 0 amide bonds. The highest BCUT2D eigenvalue weighted by Crippen LogP contribution is 2.56. The van der Waals surface area contributed by atoms with E-state index in [1.54, 1.807) is 13.0 Å². The molecule has 0 bridgehead atoms. The Morgan fingerprint density at radius 1 is 1.12 bits per heavy atom. The van der Waals surface area contributed by atoms with E-state index >= 15 is 0 Å². The molecule has 0 aliphatic carbocycles.